The van der Waals surface area contributed by atoms with Gasteiger partial charge in [0.05, 0.1) is 38.0 Å². The molecule has 0 spiro atoms. The van der Waals surface area contributed by atoms with Crippen LogP contribution in [0, 0.1) is 0 Å². The normalized spacial score (nSPS) is 26.6. The third-order valence-electron chi connectivity index (χ3n) is 13.1. The maximum absolute atomic E-state index is 14.5. The molecular formula is C58H58Cl3NO26. The zero-order valence-corrected chi connectivity index (χ0v) is 49.9. The van der Waals surface area contributed by atoms with Crippen LogP contribution in [0.1, 0.15) is 58.8 Å². The van der Waals surface area contributed by atoms with Crippen LogP contribution < -0.4 is 14.8 Å². The fraction of sp³-hybridized carbons (Fsp3) is 0.414. The van der Waals surface area contributed by atoms with Gasteiger partial charge in [-0.05, 0) is 60.7 Å². The molecule has 7 rings (SSSR count). The highest BCUT2D eigenvalue weighted by Crippen LogP contribution is 2.39. The zero-order chi connectivity index (χ0) is 64.0. The number of carbonyl (C=O) groups is 10. The van der Waals surface area contributed by atoms with Crippen LogP contribution in [-0.2, 0) is 99.9 Å². The molecule has 0 bridgehead atoms. The van der Waals surface area contributed by atoms with Gasteiger partial charge in [0.2, 0.25) is 12.4 Å². The Hall–Kier alpha value is -8.15. The number of hydrogen-bond acceptors (Lipinski definition) is 26. The number of nitrogens with one attached hydrogen (secondary N) is 1. The maximum Gasteiger partial charge on any atom is 0.339 e. The molecule has 472 valence electrons. The number of rotatable bonds is 21. The second kappa shape index (κ2) is 30.7. The summed E-state index contributed by atoms with van der Waals surface area (Å²) < 4.78 is 91.8. The average molecular weight is 1290 g/mol. The molecule has 3 fully saturated rings. The largest absolute Gasteiger partial charge is 0.497 e. The molecule has 15 atom stereocenters. The summed E-state index contributed by atoms with van der Waals surface area (Å²) in [6, 6.07) is 25.8. The molecule has 0 unspecified atom stereocenters. The number of halogens is 3. The molecule has 3 aliphatic heterocycles. The number of benzene rings is 4. The standard InChI is InChI=1S/C58H58Cl3NO26/c1-28(63)77-39-37(27-76-49(67)32-17-11-8-12-18-32)82-54(38(62-57(72)58(59,60)61)40(39)85-56-47(80-31(4)66)43(79-30(3)65)41(78-29(2)64)45(88-56)52(70)74-6)86-42-44(83-50(68)33-19-13-9-14-20-33)48(84-51(69)34-21-15-10-16-22-34)55(87-46(42)53(71)75-7)81-36-25-23-35(73-5)24-26-36/h8-26,37-48,54-56H,27H2,1-7H3,(H,62,72)/t37-,38-,39-,40-,41+,42+,43+,44+,45+,46+,47-,48-,54+,55-,56-/m1/s1. The molecule has 1 amide bonds. The van der Waals surface area contributed by atoms with Crippen molar-refractivity contribution in [3.63, 3.8) is 0 Å². The lowest BCUT2D eigenvalue weighted by molar-refractivity contribution is -0.357. The number of hydrogen-bond donors (Lipinski definition) is 1. The minimum absolute atomic E-state index is 0.00542. The average Bonchev–Trinajstić information content (AvgIpc) is 1.11. The first-order valence-corrected chi connectivity index (χ1v) is 27.6. The Balaban J connectivity index is 1.46. The van der Waals surface area contributed by atoms with Crippen molar-refractivity contribution in [3.05, 3.63) is 132 Å². The SMILES string of the molecule is COC(=O)[C@H]1O[C@@H](O[C@@H]2[C@@H](NC(=O)C(Cl)(Cl)Cl)[C@H](O[C@H]3[C@H](OC(=O)c4ccccc4)[C@@H](OC(=O)c4ccccc4)[C@H](Oc4ccc(OC)cc4)O[C@@H]3C(=O)OC)O[C@H](COC(=O)c3ccccc3)[C@H]2OC(C)=O)[C@H](OC(C)=O)[C@@H](OC(C)=O)[C@@H]1OC(C)=O. The van der Waals surface area contributed by atoms with Gasteiger partial charge in [-0.2, -0.15) is 0 Å². The fourth-order valence-corrected chi connectivity index (χ4v) is 9.45. The second-order valence-corrected chi connectivity index (χ2v) is 21.4. The van der Waals surface area contributed by atoms with Crippen LogP contribution in [0.25, 0.3) is 0 Å². The quantitative estimate of drug-likeness (QED) is 0.0692. The predicted octanol–water partition coefficient (Wildman–Crippen LogP) is 4.26. The molecule has 4 aromatic carbocycles. The van der Waals surface area contributed by atoms with Crippen LogP contribution in [0.3, 0.4) is 0 Å². The minimum atomic E-state index is -2.93. The number of methoxy groups -OCH3 is 3. The molecule has 3 heterocycles. The van der Waals surface area contributed by atoms with Gasteiger partial charge in [-0.25, -0.2) is 24.0 Å². The Morgan fingerprint density at radius 1 is 0.443 bits per heavy atom. The van der Waals surface area contributed by atoms with Crippen LogP contribution in [-0.4, -0.2) is 183 Å². The summed E-state index contributed by atoms with van der Waals surface area (Å²) in [4.78, 5) is 137. The Morgan fingerprint density at radius 2 is 0.852 bits per heavy atom. The molecule has 30 heteroatoms. The zero-order valence-electron chi connectivity index (χ0n) is 47.6. The van der Waals surface area contributed by atoms with E-state index in [-0.39, 0.29) is 22.4 Å². The lowest BCUT2D eigenvalue weighted by Gasteiger charge is -2.50. The topological polar surface area (TPSA) is 330 Å². The summed E-state index contributed by atoms with van der Waals surface area (Å²) >= 11 is 18.6. The highest BCUT2D eigenvalue weighted by Gasteiger charge is 2.62. The van der Waals surface area contributed by atoms with Gasteiger partial charge < -0.3 is 81.1 Å². The smallest absolute Gasteiger partial charge is 0.339 e. The van der Waals surface area contributed by atoms with E-state index in [0.717, 1.165) is 41.9 Å². The van der Waals surface area contributed by atoms with Crippen molar-refractivity contribution in [2.24, 2.45) is 0 Å². The monoisotopic (exact) mass is 1290 g/mol. The van der Waals surface area contributed by atoms with E-state index in [0.29, 0.717) is 5.75 Å². The maximum atomic E-state index is 14.5. The van der Waals surface area contributed by atoms with E-state index in [2.05, 4.69) is 5.32 Å². The summed E-state index contributed by atoms with van der Waals surface area (Å²) in [5, 5.41) is 2.38. The van der Waals surface area contributed by atoms with Gasteiger partial charge in [0, 0.05) is 27.7 Å². The summed E-state index contributed by atoms with van der Waals surface area (Å²) in [5.41, 5.74) is -0.164. The second-order valence-electron chi connectivity index (χ2n) is 19.2. The fourth-order valence-electron chi connectivity index (χ4n) is 9.29. The number of esters is 9. The molecule has 88 heavy (non-hydrogen) atoms. The van der Waals surface area contributed by atoms with Crippen molar-refractivity contribution >= 4 is 94.4 Å². The molecular weight excluding hydrogens is 1230 g/mol. The molecule has 4 aromatic rings. The van der Waals surface area contributed by atoms with Gasteiger partial charge in [0.1, 0.15) is 42.5 Å². The molecule has 0 saturated carbocycles. The van der Waals surface area contributed by atoms with E-state index in [1.165, 1.54) is 104 Å². The van der Waals surface area contributed by atoms with Gasteiger partial charge in [0.25, 0.3) is 9.70 Å². The molecule has 0 aliphatic carbocycles. The Kier molecular flexibility index (Phi) is 23.5. The van der Waals surface area contributed by atoms with E-state index in [1.54, 1.807) is 18.2 Å². The van der Waals surface area contributed by atoms with Crippen LogP contribution >= 0.6 is 34.8 Å². The minimum Gasteiger partial charge on any atom is -0.497 e. The number of carbonyl (C=O) groups excluding carboxylic acids is 10. The lowest BCUT2D eigenvalue weighted by atomic mass is 9.93. The van der Waals surface area contributed by atoms with Crippen molar-refractivity contribution in [2.75, 3.05) is 27.9 Å². The molecule has 27 nitrogen and oxygen atoms in total. The summed E-state index contributed by atoms with van der Waals surface area (Å²) in [5.74, 6) is -11.3. The number of ether oxygens (including phenoxy) is 16. The van der Waals surface area contributed by atoms with Crippen molar-refractivity contribution in [1.82, 2.24) is 5.32 Å². The molecule has 3 saturated heterocycles. The van der Waals surface area contributed by atoms with Crippen LogP contribution in [0.5, 0.6) is 11.5 Å². The van der Waals surface area contributed by atoms with E-state index in [9.17, 15) is 47.9 Å². The lowest BCUT2D eigenvalue weighted by Crippen LogP contribution is -2.72. The highest BCUT2D eigenvalue weighted by molar-refractivity contribution is 6.76. The van der Waals surface area contributed by atoms with E-state index in [4.69, 9.17) is 111 Å². The van der Waals surface area contributed by atoms with E-state index >= 15 is 0 Å². The van der Waals surface area contributed by atoms with Gasteiger partial charge in [-0.3, -0.25) is 24.0 Å². The predicted molar refractivity (Wildman–Crippen MR) is 296 cm³/mol. The number of alkyl halides is 3. The third kappa shape index (κ3) is 17.3. The first-order chi connectivity index (χ1) is 41.9. The van der Waals surface area contributed by atoms with Gasteiger partial charge in [0.15, 0.2) is 55.3 Å². The molecule has 0 radical (unpaired) electrons. The Labute approximate surface area is 516 Å². The molecule has 1 N–H and O–H groups in total. The first kappa shape index (κ1) is 67.4. The van der Waals surface area contributed by atoms with Crippen molar-refractivity contribution < 1.29 is 124 Å². The van der Waals surface area contributed by atoms with Crippen LogP contribution in [0.15, 0.2) is 115 Å². The number of amides is 1. The van der Waals surface area contributed by atoms with E-state index in [1.807, 2.05) is 0 Å². The Bertz CT molecular complexity index is 3120. The van der Waals surface area contributed by atoms with Gasteiger partial charge >= 0.3 is 53.7 Å². The molecule has 3 aliphatic rings. The summed E-state index contributed by atoms with van der Waals surface area (Å²) in [6.07, 6.45) is -29.6. The van der Waals surface area contributed by atoms with Gasteiger partial charge in [-0.15, -0.1) is 0 Å². The highest BCUT2D eigenvalue weighted by atomic mass is 35.6. The first-order valence-electron chi connectivity index (χ1n) is 26.5. The van der Waals surface area contributed by atoms with E-state index < -0.39 is 162 Å². The van der Waals surface area contributed by atoms with Gasteiger partial charge in [-0.1, -0.05) is 89.4 Å². The van der Waals surface area contributed by atoms with Crippen LogP contribution in [0.4, 0.5) is 0 Å². The van der Waals surface area contributed by atoms with Crippen molar-refractivity contribution in [1.29, 1.82) is 0 Å². The van der Waals surface area contributed by atoms with Crippen molar-refractivity contribution in [2.45, 2.75) is 124 Å². The summed E-state index contributed by atoms with van der Waals surface area (Å²) in [6.45, 7) is 2.71. The Morgan fingerprint density at radius 3 is 1.34 bits per heavy atom. The summed E-state index contributed by atoms with van der Waals surface area (Å²) in [7, 11) is 3.27. The third-order valence-corrected chi connectivity index (χ3v) is 13.6. The molecule has 0 aromatic heterocycles. The van der Waals surface area contributed by atoms with Crippen molar-refractivity contribution in [3.8, 4) is 11.5 Å². The van der Waals surface area contributed by atoms with Crippen LogP contribution in [0.2, 0.25) is 0 Å².